The second-order valence-corrected chi connectivity index (χ2v) is 2.22. The third kappa shape index (κ3) is 3.13. The molecule has 0 aromatic rings. The van der Waals surface area contributed by atoms with E-state index in [1.165, 1.54) is 0 Å². The summed E-state index contributed by atoms with van der Waals surface area (Å²) < 4.78 is 0. The third-order valence-corrected chi connectivity index (χ3v) is 1.01. The summed E-state index contributed by atoms with van der Waals surface area (Å²) in [6, 6.07) is 0. The van der Waals surface area contributed by atoms with Gasteiger partial charge in [-0.05, 0) is 6.92 Å². The first-order valence-electron chi connectivity index (χ1n) is 2.88. The molecule has 0 aliphatic heterocycles. The van der Waals surface area contributed by atoms with Gasteiger partial charge in [0.25, 0.3) is 0 Å². The number of aliphatic hydroxyl groups is 2. The van der Waals surface area contributed by atoms with E-state index in [9.17, 15) is 9.59 Å². The van der Waals surface area contributed by atoms with E-state index in [0.717, 1.165) is 6.92 Å². The Morgan fingerprint density at radius 1 is 1.25 bits per heavy atom. The van der Waals surface area contributed by atoms with Gasteiger partial charge in [0.05, 0.1) is 0 Å². The topological polar surface area (TPSA) is 115 Å². The van der Waals surface area contributed by atoms with Gasteiger partial charge in [0, 0.05) is 6.08 Å². The van der Waals surface area contributed by atoms with E-state index in [-0.39, 0.29) is 6.08 Å². The van der Waals surface area contributed by atoms with E-state index in [1.54, 1.807) is 0 Å². The van der Waals surface area contributed by atoms with Crippen molar-refractivity contribution in [1.82, 2.24) is 0 Å². The van der Waals surface area contributed by atoms with Crippen LogP contribution in [0.5, 0.6) is 0 Å². The Morgan fingerprint density at radius 3 is 1.75 bits per heavy atom. The molecule has 0 rings (SSSR count). The summed E-state index contributed by atoms with van der Waals surface area (Å²) in [6.07, 6.45) is 0.225. The molecule has 0 heterocycles. The van der Waals surface area contributed by atoms with Gasteiger partial charge in [0.15, 0.2) is 5.79 Å². The number of aliphatic carboxylic acids is 2. The van der Waals surface area contributed by atoms with E-state index in [4.69, 9.17) is 20.4 Å². The number of hydrogen-bond acceptors (Lipinski definition) is 4. The lowest BCUT2D eigenvalue weighted by Gasteiger charge is -2.15. The predicted molar refractivity (Wildman–Crippen MR) is 36.2 cm³/mol. The van der Waals surface area contributed by atoms with E-state index in [2.05, 4.69) is 0 Å². The Labute approximate surface area is 67.4 Å². The number of carboxylic acid groups (broad SMARTS) is 2. The Balaban J connectivity index is 4.94. The van der Waals surface area contributed by atoms with Crippen LogP contribution in [-0.4, -0.2) is 38.2 Å². The Kier molecular flexibility index (Phi) is 2.94. The van der Waals surface area contributed by atoms with Crippen molar-refractivity contribution in [3.8, 4) is 0 Å². The van der Waals surface area contributed by atoms with Crippen LogP contribution in [0.25, 0.3) is 0 Å². The van der Waals surface area contributed by atoms with Crippen molar-refractivity contribution >= 4 is 11.9 Å². The van der Waals surface area contributed by atoms with Crippen LogP contribution in [0, 0.1) is 0 Å². The van der Waals surface area contributed by atoms with Crippen molar-refractivity contribution in [2.75, 3.05) is 0 Å². The molecule has 0 spiro atoms. The summed E-state index contributed by atoms with van der Waals surface area (Å²) in [7, 11) is 0. The molecule has 0 aromatic carbocycles. The Morgan fingerprint density at radius 2 is 1.67 bits per heavy atom. The minimum Gasteiger partial charge on any atom is -0.478 e. The van der Waals surface area contributed by atoms with Crippen molar-refractivity contribution in [2.45, 2.75) is 12.7 Å². The summed E-state index contributed by atoms with van der Waals surface area (Å²) in [5.74, 6) is -5.89. The van der Waals surface area contributed by atoms with Gasteiger partial charge in [-0.15, -0.1) is 0 Å². The first-order valence-corrected chi connectivity index (χ1v) is 2.88. The molecule has 6 nitrogen and oxygen atoms in total. The molecule has 0 radical (unpaired) electrons. The Hall–Kier alpha value is -1.40. The zero-order chi connectivity index (χ0) is 9.94. The van der Waals surface area contributed by atoms with Crippen molar-refractivity contribution in [3.05, 3.63) is 11.6 Å². The quantitative estimate of drug-likeness (QED) is 0.316. The van der Waals surface area contributed by atoms with Crippen LogP contribution >= 0.6 is 0 Å². The number of rotatable bonds is 3. The van der Waals surface area contributed by atoms with Gasteiger partial charge in [-0.2, -0.15) is 0 Å². The van der Waals surface area contributed by atoms with Gasteiger partial charge < -0.3 is 20.4 Å². The molecule has 0 saturated heterocycles. The van der Waals surface area contributed by atoms with Crippen LogP contribution in [0.15, 0.2) is 11.6 Å². The minimum absolute atomic E-state index is 0.225. The molecular weight excluding hydrogens is 168 g/mol. The maximum Gasteiger partial charge on any atom is 0.337 e. The average molecular weight is 176 g/mol. The number of carbonyl (C=O) groups is 2. The van der Waals surface area contributed by atoms with Crippen molar-refractivity contribution in [1.29, 1.82) is 0 Å². The van der Waals surface area contributed by atoms with E-state index in [0.29, 0.717) is 0 Å². The molecule has 12 heavy (non-hydrogen) atoms. The fraction of sp³-hybridized carbons (Fsp3) is 0.333. The lowest BCUT2D eigenvalue weighted by Crippen LogP contribution is -2.31. The van der Waals surface area contributed by atoms with Gasteiger partial charge >= 0.3 is 11.9 Å². The summed E-state index contributed by atoms with van der Waals surface area (Å²) in [4.78, 5) is 20.2. The molecule has 0 aromatic heterocycles. The normalized spacial score (nSPS) is 12.8. The molecule has 0 bridgehead atoms. The van der Waals surface area contributed by atoms with E-state index < -0.39 is 23.3 Å². The fourth-order valence-corrected chi connectivity index (χ4v) is 0.525. The zero-order valence-corrected chi connectivity index (χ0v) is 6.18. The molecule has 0 amide bonds. The predicted octanol–water partition coefficient (Wildman–Crippen LogP) is -1.22. The molecule has 4 N–H and O–H groups in total. The average Bonchev–Trinajstić information content (AvgIpc) is 1.79. The smallest absolute Gasteiger partial charge is 0.337 e. The largest absolute Gasteiger partial charge is 0.478 e. The standard InChI is InChI=1S/C6H8O6/c1-6(11,12)3(5(9)10)2-4(7)8/h2,11-12H,1H3,(H,7,8)(H,9,10)/b3-2-. The lowest BCUT2D eigenvalue weighted by atomic mass is 10.1. The maximum atomic E-state index is 10.2. The SMILES string of the molecule is CC(O)(O)/C(=C\C(=O)O)C(=O)O. The van der Waals surface area contributed by atoms with Crippen LogP contribution in [0.1, 0.15) is 6.92 Å². The lowest BCUT2D eigenvalue weighted by molar-refractivity contribution is -0.149. The molecule has 0 saturated carbocycles. The van der Waals surface area contributed by atoms with Crippen LogP contribution in [0.3, 0.4) is 0 Å². The fourth-order valence-electron chi connectivity index (χ4n) is 0.525. The molecule has 0 atom stereocenters. The van der Waals surface area contributed by atoms with Crippen LogP contribution in [0.4, 0.5) is 0 Å². The molecule has 6 heteroatoms. The first kappa shape index (κ1) is 10.6. The van der Waals surface area contributed by atoms with Crippen LogP contribution in [-0.2, 0) is 9.59 Å². The van der Waals surface area contributed by atoms with E-state index in [1.807, 2.05) is 0 Å². The highest BCUT2D eigenvalue weighted by Crippen LogP contribution is 2.12. The number of hydrogen-bond donors (Lipinski definition) is 4. The van der Waals surface area contributed by atoms with E-state index >= 15 is 0 Å². The molecular formula is C6H8O6. The number of carboxylic acids is 2. The zero-order valence-electron chi connectivity index (χ0n) is 6.18. The van der Waals surface area contributed by atoms with Gasteiger partial charge in [0.2, 0.25) is 0 Å². The van der Waals surface area contributed by atoms with Crippen LogP contribution < -0.4 is 0 Å². The first-order chi connectivity index (χ1) is 5.25. The third-order valence-electron chi connectivity index (χ3n) is 1.01. The van der Waals surface area contributed by atoms with Crippen molar-refractivity contribution < 1.29 is 30.0 Å². The molecule has 0 fully saturated rings. The van der Waals surface area contributed by atoms with Crippen molar-refractivity contribution in [2.24, 2.45) is 0 Å². The maximum absolute atomic E-state index is 10.2. The molecule has 68 valence electrons. The van der Waals surface area contributed by atoms with Crippen molar-refractivity contribution in [3.63, 3.8) is 0 Å². The summed E-state index contributed by atoms with van der Waals surface area (Å²) in [5.41, 5.74) is -0.991. The van der Waals surface area contributed by atoms with Gasteiger partial charge in [-0.25, -0.2) is 9.59 Å². The minimum atomic E-state index is -2.65. The molecule has 0 unspecified atom stereocenters. The molecule has 0 aliphatic rings. The summed E-state index contributed by atoms with van der Waals surface area (Å²) in [6.45, 7) is 0.760. The highest BCUT2D eigenvalue weighted by Gasteiger charge is 2.28. The second kappa shape index (κ2) is 3.33. The van der Waals surface area contributed by atoms with Crippen LogP contribution in [0.2, 0.25) is 0 Å². The highest BCUT2D eigenvalue weighted by atomic mass is 16.5. The summed E-state index contributed by atoms with van der Waals surface area (Å²) >= 11 is 0. The highest BCUT2D eigenvalue weighted by molar-refractivity contribution is 5.95. The van der Waals surface area contributed by atoms with Gasteiger partial charge in [0.1, 0.15) is 5.57 Å². The second-order valence-electron chi connectivity index (χ2n) is 2.22. The van der Waals surface area contributed by atoms with Gasteiger partial charge in [-0.1, -0.05) is 0 Å². The van der Waals surface area contributed by atoms with Gasteiger partial charge in [-0.3, -0.25) is 0 Å². The summed E-state index contributed by atoms with van der Waals surface area (Å²) in [5, 5.41) is 33.9. The monoisotopic (exact) mass is 176 g/mol. The molecule has 0 aliphatic carbocycles. The Bertz CT molecular complexity index is 233.